The normalized spacial score (nSPS) is 28.4. The Balaban J connectivity index is 1.66. The summed E-state index contributed by atoms with van der Waals surface area (Å²) in [4.78, 5) is 13.9. The lowest BCUT2D eigenvalue weighted by Crippen LogP contribution is -2.31. The van der Waals surface area contributed by atoms with Gasteiger partial charge >= 0.3 is 0 Å². The molecule has 0 aromatic heterocycles. The Morgan fingerprint density at radius 2 is 2.06 bits per heavy atom. The predicted octanol–water partition coefficient (Wildman–Crippen LogP) is 0.481. The van der Waals surface area contributed by atoms with E-state index in [2.05, 4.69) is 5.32 Å². The Kier molecular flexibility index (Phi) is 4.18. The van der Waals surface area contributed by atoms with E-state index in [1.165, 1.54) is 0 Å². The highest BCUT2D eigenvalue weighted by molar-refractivity contribution is 5.76. The molecule has 16 heavy (non-hydrogen) atoms. The molecule has 0 spiro atoms. The molecular formula is C12H22N2O2. The molecule has 2 fully saturated rings. The largest absolute Gasteiger partial charge is 0.382 e. The zero-order chi connectivity index (χ0) is 11.4. The lowest BCUT2D eigenvalue weighted by Gasteiger charge is -2.17. The number of hydrogen-bond acceptors (Lipinski definition) is 3. The minimum atomic E-state index is 0.314. The second-order valence-corrected chi connectivity index (χ2v) is 4.78. The van der Waals surface area contributed by atoms with Gasteiger partial charge in [0.1, 0.15) is 0 Å². The molecule has 0 aliphatic carbocycles. The van der Waals surface area contributed by atoms with Crippen LogP contribution in [0.1, 0.15) is 19.8 Å². The number of nitrogens with one attached hydrogen (secondary N) is 1. The van der Waals surface area contributed by atoms with Crippen LogP contribution in [-0.4, -0.2) is 50.2 Å². The van der Waals surface area contributed by atoms with Crippen molar-refractivity contribution < 1.29 is 9.53 Å². The van der Waals surface area contributed by atoms with Gasteiger partial charge in [-0.15, -0.1) is 0 Å². The lowest BCUT2D eigenvalue weighted by molar-refractivity contribution is -0.130. The van der Waals surface area contributed by atoms with E-state index >= 15 is 0 Å². The van der Waals surface area contributed by atoms with Gasteiger partial charge in [0.25, 0.3) is 0 Å². The highest BCUT2D eigenvalue weighted by atomic mass is 16.5. The number of likely N-dealkylation sites (tertiary alicyclic amines) is 1. The molecule has 4 heteroatoms. The summed E-state index contributed by atoms with van der Waals surface area (Å²) in [6.45, 7) is 7.55. The zero-order valence-corrected chi connectivity index (χ0v) is 10.1. The van der Waals surface area contributed by atoms with Crippen molar-refractivity contribution in [3.63, 3.8) is 0 Å². The molecule has 0 aromatic carbocycles. The predicted molar refractivity (Wildman–Crippen MR) is 62.2 cm³/mol. The fraction of sp³-hybridized carbons (Fsp3) is 0.917. The quantitative estimate of drug-likeness (QED) is 0.693. The highest BCUT2D eigenvalue weighted by Gasteiger charge is 2.37. The standard InChI is InChI=1S/C12H22N2O2/c1-2-16-5-3-4-12(15)14-8-10-6-13-7-11(10)9-14/h10-11,13H,2-9H2,1H3. The van der Waals surface area contributed by atoms with Crippen LogP contribution in [0.3, 0.4) is 0 Å². The number of amides is 1. The van der Waals surface area contributed by atoms with Gasteiger partial charge in [-0.1, -0.05) is 0 Å². The molecule has 0 aromatic rings. The third kappa shape index (κ3) is 2.74. The van der Waals surface area contributed by atoms with Crippen LogP contribution in [0.5, 0.6) is 0 Å². The van der Waals surface area contributed by atoms with E-state index in [0.29, 0.717) is 30.8 Å². The summed E-state index contributed by atoms with van der Waals surface area (Å²) in [5.41, 5.74) is 0. The first-order valence-corrected chi connectivity index (χ1v) is 6.37. The molecule has 0 saturated carbocycles. The van der Waals surface area contributed by atoms with Crippen molar-refractivity contribution >= 4 is 5.91 Å². The second kappa shape index (κ2) is 5.64. The van der Waals surface area contributed by atoms with Crippen molar-refractivity contribution in [1.29, 1.82) is 0 Å². The molecule has 0 radical (unpaired) electrons. The van der Waals surface area contributed by atoms with Crippen LogP contribution < -0.4 is 5.32 Å². The third-order valence-electron chi connectivity index (χ3n) is 3.63. The van der Waals surface area contributed by atoms with Crippen LogP contribution in [0.4, 0.5) is 0 Å². The first kappa shape index (κ1) is 11.9. The maximum Gasteiger partial charge on any atom is 0.222 e. The fourth-order valence-electron chi connectivity index (χ4n) is 2.69. The number of nitrogens with zero attached hydrogens (tertiary/aromatic N) is 1. The Labute approximate surface area is 97.3 Å². The first-order valence-electron chi connectivity index (χ1n) is 6.37. The number of fused-ring (bicyclic) bond motifs is 1. The summed E-state index contributed by atoms with van der Waals surface area (Å²) < 4.78 is 5.24. The maximum atomic E-state index is 11.9. The minimum Gasteiger partial charge on any atom is -0.382 e. The van der Waals surface area contributed by atoms with E-state index in [4.69, 9.17) is 4.74 Å². The molecule has 2 aliphatic heterocycles. The molecule has 2 atom stereocenters. The zero-order valence-electron chi connectivity index (χ0n) is 10.1. The number of carbonyl (C=O) groups excluding carboxylic acids is 1. The smallest absolute Gasteiger partial charge is 0.222 e. The third-order valence-corrected chi connectivity index (χ3v) is 3.63. The fourth-order valence-corrected chi connectivity index (χ4v) is 2.69. The monoisotopic (exact) mass is 226 g/mol. The highest BCUT2D eigenvalue weighted by Crippen LogP contribution is 2.26. The first-order chi connectivity index (χ1) is 7.81. The average molecular weight is 226 g/mol. The van der Waals surface area contributed by atoms with Crippen molar-refractivity contribution in [3.8, 4) is 0 Å². The van der Waals surface area contributed by atoms with Gasteiger partial charge in [0.05, 0.1) is 0 Å². The van der Waals surface area contributed by atoms with Gasteiger partial charge in [0.15, 0.2) is 0 Å². The van der Waals surface area contributed by atoms with Crippen molar-refractivity contribution in [2.75, 3.05) is 39.4 Å². The van der Waals surface area contributed by atoms with Crippen LogP contribution in [0, 0.1) is 11.8 Å². The summed E-state index contributed by atoms with van der Waals surface area (Å²) in [5.74, 6) is 1.72. The van der Waals surface area contributed by atoms with E-state index in [1.54, 1.807) is 0 Å². The average Bonchev–Trinajstić information content (AvgIpc) is 2.83. The van der Waals surface area contributed by atoms with Crippen LogP contribution >= 0.6 is 0 Å². The Bertz CT molecular complexity index is 233. The van der Waals surface area contributed by atoms with E-state index < -0.39 is 0 Å². The summed E-state index contributed by atoms with van der Waals surface area (Å²) in [5, 5.41) is 3.39. The van der Waals surface area contributed by atoms with E-state index in [1.807, 2.05) is 11.8 Å². The Hall–Kier alpha value is -0.610. The molecule has 1 N–H and O–H groups in total. The van der Waals surface area contributed by atoms with Gasteiger partial charge in [-0.25, -0.2) is 0 Å². The lowest BCUT2D eigenvalue weighted by atomic mass is 10.0. The molecular weight excluding hydrogens is 204 g/mol. The molecule has 2 saturated heterocycles. The summed E-state index contributed by atoms with van der Waals surface area (Å²) >= 11 is 0. The van der Waals surface area contributed by atoms with Gasteiger partial charge in [-0.3, -0.25) is 4.79 Å². The van der Waals surface area contributed by atoms with Crippen LogP contribution in [-0.2, 0) is 9.53 Å². The van der Waals surface area contributed by atoms with Gasteiger partial charge in [-0.05, 0) is 25.2 Å². The second-order valence-electron chi connectivity index (χ2n) is 4.78. The summed E-state index contributed by atoms with van der Waals surface area (Å²) in [6.07, 6.45) is 1.50. The van der Waals surface area contributed by atoms with Crippen molar-refractivity contribution in [1.82, 2.24) is 10.2 Å². The molecule has 1 amide bonds. The molecule has 2 aliphatic rings. The van der Waals surface area contributed by atoms with Crippen LogP contribution in [0.25, 0.3) is 0 Å². The molecule has 2 unspecified atom stereocenters. The minimum absolute atomic E-state index is 0.314. The van der Waals surface area contributed by atoms with Crippen molar-refractivity contribution in [2.45, 2.75) is 19.8 Å². The van der Waals surface area contributed by atoms with Crippen molar-refractivity contribution in [2.24, 2.45) is 11.8 Å². The van der Waals surface area contributed by atoms with Gasteiger partial charge < -0.3 is 15.0 Å². The molecule has 0 bridgehead atoms. The molecule has 2 rings (SSSR count). The maximum absolute atomic E-state index is 11.9. The van der Waals surface area contributed by atoms with E-state index in [0.717, 1.165) is 39.2 Å². The van der Waals surface area contributed by atoms with Crippen LogP contribution in [0.2, 0.25) is 0 Å². The van der Waals surface area contributed by atoms with E-state index in [-0.39, 0.29) is 0 Å². The molecule has 4 nitrogen and oxygen atoms in total. The van der Waals surface area contributed by atoms with E-state index in [9.17, 15) is 4.79 Å². The van der Waals surface area contributed by atoms with Gasteiger partial charge in [-0.2, -0.15) is 0 Å². The SMILES string of the molecule is CCOCCCC(=O)N1CC2CNCC2C1. The number of carbonyl (C=O) groups is 1. The summed E-state index contributed by atoms with van der Waals surface area (Å²) in [7, 11) is 0. The number of ether oxygens (including phenoxy) is 1. The van der Waals surface area contributed by atoms with Gasteiger partial charge in [0.2, 0.25) is 5.91 Å². The summed E-state index contributed by atoms with van der Waals surface area (Å²) in [6, 6.07) is 0. The topological polar surface area (TPSA) is 41.6 Å². The molecule has 2 heterocycles. The Morgan fingerprint density at radius 1 is 1.38 bits per heavy atom. The number of hydrogen-bond donors (Lipinski definition) is 1. The van der Waals surface area contributed by atoms with Crippen molar-refractivity contribution in [3.05, 3.63) is 0 Å². The van der Waals surface area contributed by atoms with Gasteiger partial charge in [0, 0.05) is 45.8 Å². The van der Waals surface area contributed by atoms with Crippen LogP contribution in [0.15, 0.2) is 0 Å². The number of rotatable bonds is 5. The Morgan fingerprint density at radius 3 is 2.69 bits per heavy atom. The molecule has 92 valence electrons.